The van der Waals surface area contributed by atoms with E-state index >= 15 is 0 Å². The van der Waals surface area contributed by atoms with Crippen molar-refractivity contribution in [1.82, 2.24) is 9.88 Å². The summed E-state index contributed by atoms with van der Waals surface area (Å²) in [6.07, 6.45) is 3.95. The van der Waals surface area contributed by atoms with Crippen molar-refractivity contribution in [2.75, 3.05) is 13.7 Å². The van der Waals surface area contributed by atoms with Gasteiger partial charge in [0.25, 0.3) is 5.91 Å². The maximum atomic E-state index is 12.8. The van der Waals surface area contributed by atoms with E-state index in [1.807, 2.05) is 0 Å². The molecule has 1 aliphatic carbocycles. The Bertz CT molecular complexity index is 560. The quantitative estimate of drug-likeness (QED) is 0.780. The summed E-state index contributed by atoms with van der Waals surface area (Å²) in [4.78, 5) is 31.0. The topological polar surface area (TPSA) is 59.5 Å². The predicted octanol–water partition coefficient (Wildman–Crippen LogP) is 1.89. The van der Waals surface area contributed by atoms with Gasteiger partial charge in [-0.25, -0.2) is 4.79 Å². The fraction of sp³-hybridized carbons (Fsp3) is 0.562. The molecule has 3 atom stereocenters. The van der Waals surface area contributed by atoms with Gasteiger partial charge in [-0.1, -0.05) is 13.0 Å². The molecule has 112 valence electrons. The third-order valence-electron chi connectivity index (χ3n) is 5.02. The summed E-state index contributed by atoms with van der Waals surface area (Å²) in [5, 5.41) is 0. The fourth-order valence-electron chi connectivity index (χ4n) is 3.83. The summed E-state index contributed by atoms with van der Waals surface area (Å²) in [6.45, 7) is 2.77. The van der Waals surface area contributed by atoms with Gasteiger partial charge in [-0.15, -0.1) is 0 Å². The summed E-state index contributed by atoms with van der Waals surface area (Å²) in [6, 6.07) is 5.26. The molecule has 3 fully saturated rings. The van der Waals surface area contributed by atoms with Crippen LogP contribution in [-0.4, -0.2) is 41.0 Å². The normalized spacial score (nSPS) is 31.0. The number of methoxy groups -OCH3 is 1. The Balaban J connectivity index is 1.97. The maximum absolute atomic E-state index is 12.8. The van der Waals surface area contributed by atoms with E-state index in [0.717, 1.165) is 6.42 Å². The van der Waals surface area contributed by atoms with Crippen molar-refractivity contribution in [3.63, 3.8) is 0 Å². The highest BCUT2D eigenvalue weighted by atomic mass is 16.5. The molecule has 2 bridgehead atoms. The van der Waals surface area contributed by atoms with Crippen molar-refractivity contribution in [3.8, 4) is 0 Å². The van der Waals surface area contributed by atoms with Crippen LogP contribution in [0, 0.1) is 11.8 Å². The first kappa shape index (κ1) is 14.0. The van der Waals surface area contributed by atoms with E-state index in [1.165, 1.54) is 7.11 Å². The first-order valence-corrected chi connectivity index (χ1v) is 7.40. The van der Waals surface area contributed by atoms with Crippen LogP contribution >= 0.6 is 0 Å². The molecule has 4 rings (SSSR count). The number of nitrogens with zero attached hydrogens (tertiary/aromatic N) is 2. The summed E-state index contributed by atoms with van der Waals surface area (Å²) >= 11 is 0. The van der Waals surface area contributed by atoms with E-state index in [-0.39, 0.29) is 11.9 Å². The molecule has 1 saturated carbocycles. The number of hydrogen-bond donors (Lipinski definition) is 0. The van der Waals surface area contributed by atoms with Crippen LogP contribution in [0.15, 0.2) is 24.4 Å². The van der Waals surface area contributed by atoms with Crippen LogP contribution in [0.5, 0.6) is 0 Å². The second-order valence-electron chi connectivity index (χ2n) is 6.13. The second kappa shape index (κ2) is 5.13. The second-order valence-corrected chi connectivity index (χ2v) is 6.13. The molecule has 2 saturated heterocycles. The number of esters is 1. The minimum absolute atomic E-state index is 0.169. The molecule has 1 aromatic heterocycles. The maximum Gasteiger partial charge on any atom is 0.331 e. The Morgan fingerprint density at radius 3 is 2.86 bits per heavy atom. The largest absolute Gasteiger partial charge is 0.467 e. The highest BCUT2D eigenvalue weighted by Crippen LogP contribution is 2.47. The van der Waals surface area contributed by atoms with Gasteiger partial charge in [0.15, 0.2) is 0 Å². The molecule has 0 radical (unpaired) electrons. The number of aromatic nitrogens is 1. The molecule has 21 heavy (non-hydrogen) atoms. The molecule has 2 aliphatic heterocycles. The van der Waals surface area contributed by atoms with E-state index in [4.69, 9.17) is 4.74 Å². The lowest BCUT2D eigenvalue weighted by atomic mass is 9.65. The average molecular weight is 288 g/mol. The van der Waals surface area contributed by atoms with E-state index in [2.05, 4.69) is 11.9 Å². The summed E-state index contributed by atoms with van der Waals surface area (Å²) < 4.78 is 5.02. The number of amides is 1. The van der Waals surface area contributed by atoms with Crippen LogP contribution in [0.1, 0.15) is 36.7 Å². The molecular weight excluding hydrogens is 268 g/mol. The lowest BCUT2D eigenvalue weighted by molar-refractivity contribution is -0.164. The summed E-state index contributed by atoms with van der Waals surface area (Å²) in [5.74, 6) is 0.434. The number of ether oxygens (including phenoxy) is 1. The van der Waals surface area contributed by atoms with Crippen molar-refractivity contribution in [1.29, 1.82) is 0 Å². The van der Waals surface area contributed by atoms with E-state index in [0.29, 0.717) is 36.9 Å². The molecule has 0 aromatic carbocycles. The zero-order valence-corrected chi connectivity index (χ0v) is 12.4. The molecular formula is C16H20N2O3. The van der Waals surface area contributed by atoms with Crippen molar-refractivity contribution in [3.05, 3.63) is 30.1 Å². The zero-order valence-electron chi connectivity index (χ0n) is 12.4. The Labute approximate surface area is 124 Å². The number of rotatable bonds is 2. The molecule has 3 aliphatic rings. The van der Waals surface area contributed by atoms with Crippen molar-refractivity contribution in [2.45, 2.75) is 31.7 Å². The summed E-state index contributed by atoms with van der Waals surface area (Å²) in [5.41, 5.74) is -0.418. The van der Waals surface area contributed by atoms with Gasteiger partial charge in [0.2, 0.25) is 0 Å². The van der Waals surface area contributed by atoms with Crippen LogP contribution in [0.3, 0.4) is 0 Å². The molecule has 5 nitrogen and oxygen atoms in total. The number of hydrogen-bond acceptors (Lipinski definition) is 4. The monoisotopic (exact) mass is 288 g/mol. The van der Waals surface area contributed by atoms with E-state index in [1.54, 1.807) is 29.3 Å². The minimum atomic E-state index is -0.808. The van der Waals surface area contributed by atoms with Crippen LogP contribution in [-0.2, 0) is 9.53 Å². The summed E-state index contributed by atoms with van der Waals surface area (Å²) in [7, 11) is 1.39. The SMILES string of the molecule is COC(=O)C12CCC(CN1C(=O)c1ccccn1)[C@@H](C)C2. The Morgan fingerprint density at radius 1 is 1.43 bits per heavy atom. The molecule has 0 spiro atoms. The van der Waals surface area contributed by atoms with Crippen molar-refractivity contribution < 1.29 is 14.3 Å². The van der Waals surface area contributed by atoms with Gasteiger partial charge in [-0.3, -0.25) is 9.78 Å². The van der Waals surface area contributed by atoms with Gasteiger partial charge < -0.3 is 9.64 Å². The number of fused-ring (bicyclic) bond motifs is 3. The smallest absolute Gasteiger partial charge is 0.331 e. The standard InChI is InChI=1S/C16H20N2O3/c1-11-9-16(15(20)21-2)7-6-12(11)10-18(16)14(19)13-5-3-4-8-17-13/h3-5,8,11-12H,6-7,9-10H2,1-2H3/t11-,12?,16?/m0/s1. The number of carbonyl (C=O) groups excluding carboxylic acids is 2. The van der Waals surface area contributed by atoms with Crippen LogP contribution in [0.25, 0.3) is 0 Å². The molecule has 0 N–H and O–H groups in total. The van der Waals surface area contributed by atoms with E-state index < -0.39 is 5.54 Å². The molecule has 5 heteroatoms. The van der Waals surface area contributed by atoms with Gasteiger partial charge in [-0.05, 0) is 43.2 Å². The molecule has 2 unspecified atom stereocenters. The van der Waals surface area contributed by atoms with Crippen molar-refractivity contribution >= 4 is 11.9 Å². The number of pyridine rings is 1. The lowest BCUT2D eigenvalue weighted by Crippen LogP contribution is -2.66. The van der Waals surface area contributed by atoms with Gasteiger partial charge in [-0.2, -0.15) is 0 Å². The van der Waals surface area contributed by atoms with Gasteiger partial charge in [0.1, 0.15) is 11.2 Å². The first-order chi connectivity index (χ1) is 10.1. The van der Waals surface area contributed by atoms with Gasteiger partial charge >= 0.3 is 5.97 Å². The van der Waals surface area contributed by atoms with Crippen molar-refractivity contribution in [2.24, 2.45) is 11.8 Å². The lowest BCUT2D eigenvalue weighted by Gasteiger charge is -2.54. The average Bonchev–Trinajstić information content (AvgIpc) is 2.54. The molecule has 1 amide bonds. The number of piperidine rings is 2. The Hall–Kier alpha value is -1.91. The first-order valence-electron chi connectivity index (χ1n) is 7.40. The van der Waals surface area contributed by atoms with Gasteiger partial charge in [0, 0.05) is 12.7 Å². The minimum Gasteiger partial charge on any atom is -0.467 e. The van der Waals surface area contributed by atoms with E-state index in [9.17, 15) is 9.59 Å². The van der Waals surface area contributed by atoms with Crippen LogP contribution in [0.2, 0.25) is 0 Å². The third kappa shape index (κ3) is 2.11. The Kier molecular flexibility index (Phi) is 3.43. The highest BCUT2D eigenvalue weighted by molar-refractivity contribution is 5.97. The van der Waals surface area contributed by atoms with Crippen LogP contribution < -0.4 is 0 Å². The highest BCUT2D eigenvalue weighted by Gasteiger charge is 2.56. The molecule has 1 aromatic rings. The predicted molar refractivity (Wildman–Crippen MR) is 76.5 cm³/mol. The van der Waals surface area contributed by atoms with Crippen LogP contribution in [0.4, 0.5) is 0 Å². The fourth-order valence-corrected chi connectivity index (χ4v) is 3.83. The number of carbonyl (C=O) groups is 2. The zero-order chi connectivity index (χ0) is 15.0. The Morgan fingerprint density at radius 2 is 2.24 bits per heavy atom. The third-order valence-corrected chi connectivity index (χ3v) is 5.02. The van der Waals surface area contributed by atoms with Gasteiger partial charge in [0.05, 0.1) is 7.11 Å². The molecule has 3 heterocycles.